The fraction of sp³-hybridized carbons (Fsp3) is 0.263. The molecule has 2 rings (SSSR count). The van der Waals surface area contributed by atoms with E-state index in [4.69, 9.17) is 32.9 Å². The van der Waals surface area contributed by atoms with Crippen molar-refractivity contribution in [3.05, 3.63) is 68.4 Å². The van der Waals surface area contributed by atoms with E-state index in [9.17, 15) is 4.39 Å². The normalized spacial score (nSPS) is 12.3. The predicted octanol–water partition coefficient (Wildman–Crippen LogP) is 5.75. The Hall–Kier alpha value is -2.11. The van der Waals surface area contributed by atoms with E-state index in [1.165, 1.54) is 19.2 Å². The minimum atomic E-state index is -0.583. The Morgan fingerprint density at radius 3 is 2.46 bits per heavy atom. The molecule has 0 saturated carbocycles. The Morgan fingerprint density at radius 2 is 1.77 bits per heavy atom. The summed E-state index contributed by atoms with van der Waals surface area (Å²) >= 11 is 11.7. The number of nitrogens with zero attached hydrogens (tertiary/aromatic N) is 2. The number of hydrogen-bond acceptors (Lipinski definition) is 4. The van der Waals surface area contributed by atoms with E-state index in [-0.39, 0.29) is 17.2 Å². The van der Waals surface area contributed by atoms with Crippen LogP contribution in [0.3, 0.4) is 0 Å². The standard InChI is InChI=1S/C19H19Cl2FN2O2/c1-11-6-5-7-15(12(2)23-25-4)17(11)10-26-24-13(3)16-8-14(20)9-18(21)19(16)22/h5-9H,10H2,1-4H3/b23-12-,24-13+. The minimum Gasteiger partial charge on any atom is -0.399 e. The third-order valence-corrected chi connectivity index (χ3v) is 4.31. The van der Waals surface area contributed by atoms with Crippen LogP contribution in [0.5, 0.6) is 0 Å². The molecule has 0 aromatic heterocycles. The molecule has 26 heavy (non-hydrogen) atoms. The summed E-state index contributed by atoms with van der Waals surface area (Å²) < 4.78 is 14.1. The lowest BCUT2D eigenvalue weighted by Crippen LogP contribution is -2.06. The van der Waals surface area contributed by atoms with Gasteiger partial charge >= 0.3 is 0 Å². The molecule has 0 aliphatic carbocycles. The van der Waals surface area contributed by atoms with Crippen molar-refractivity contribution in [2.75, 3.05) is 7.11 Å². The zero-order chi connectivity index (χ0) is 19.3. The molecule has 0 aliphatic rings. The van der Waals surface area contributed by atoms with Crippen molar-refractivity contribution in [2.45, 2.75) is 27.4 Å². The Bertz CT molecular complexity index is 867. The summed E-state index contributed by atoms with van der Waals surface area (Å²) in [5.74, 6) is -0.583. The van der Waals surface area contributed by atoms with Gasteiger partial charge in [-0.3, -0.25) is 0 Å². The maximum atomic E-state index is 14.1. The Labute approximate surface area is 162 Å². The fourth-order valence-corrected chi connectivity index (χ4v) is 2.97. The molecule has 7 heteroatoms. The molecular weight excluding hydrogens is 378 g/mol. The van der Waals surface area contributed by atoms with E-state index in [2.05, 4.69) is 10.3 Å². The van der Waals surface area contributed by atoms with Crippen LogP contribution in [0.4, 0.5) is 4.39 Å². The second-order valence-electron chi connectivity index (χ2n) is 5.66. The highest BCUT2D eigenvalue weighted by atomic mass is 35.5. The van der Waals surface area contributed by atoms with Crippen LogP contribution in [0, 0.1) is 12.7 Å². The molecule has 0 N–H and O–H groups in total. The third kappa shape index (κ3) is 4.74. The van der Waals surface area contributed by atoms with E-state index in [0.29, 0.717) is 10.7 Å². The zero-order valence-electron chi connectivity index (χ0n) is 14.9. The van der Waals surface area contributed by atoms with Gasteiger partial charge in [-0.2, -0.15) is 0 Å². The largest absolute Gasteiger partial charge is 0.399 e. The van der Waals surface area contributed by atoms with Gasteiger partial charge in [-0.05, 0) is 38.5 Å². The van der Waals surface area contributed by atoms with Gasteiger partial charge in [-0.15, -0.1) is 0 Å². The van der Waals surface area contributed by atoms with Crippen LogP contribution in [-0.2, 0) is 16.3 Å². The second kappa shape index (κ2) is 9.01. The molecule has 0 atom stereocenters. The van der Waals surface area contributed by atoms with Gasteiger partial charge in [0.25, 0.3) is 0 Å². The van der Waals surface area contributed by atoms with E-state index in [1.54, 1.807) is 6.92 Å². The average molecular weight is 397 g/mol. The molecule has 0 saturated heterocycles. The lowest BCUT2D eigenvalue weighted by Gasteiger charge is -2.12. The molecule has 0 spiro atoms. The highest BCUT2D eigenvalue weighted by Gasteiger charge is 2.13. The molecule has 0 aliphatic heterocycles. The highest BCUT2D eigenvalue weighted by Crippen LogP contribution is 2.24. The smallest absolute Gasteiger partial charge is 0.151 e. The SMILES string of the molecule is CO/N=C(/C)c1cccc(C)c1CO/N=C(\C)c1cc(Cl)cc(Cl)c1F. The lowest BCUT2D eigenvalue weighted by atomic mass is 10.00. The maximum absolute atomic E-state index is 14.1. The van der Waals surface area contributed by atoms with Crippen LogP contribution >= 0.6 is 23.2 Å². The summed E-state index contributed by atoms with van der Waals surface area (Å²) in [6.07, 6.45) is 0. The summed E-state index contributed by atoms with van der Waals surface area (Å²) in [6.45, 7) is 5.64. The van der Waals surface area contributed by atoms with Gasteiger partial charge in [0.2, 0.25) is 0 Å². The van der Waals surface area contributed by atoms with Gasteiger partial charge in [-0.1, -0.05) is 51.7 Å². The third-order valence-electron chi connectivity index (χ3n) is 3.82. The predicted molar refractivity (Wildman–Crippen MR) is 104 cm³/mol. The molecular formula is C19H19Cl2FN2O2. The molecule has 4 nitrogen and oxygen atoms in total. The van der Waals surface area contributed by atoms with Crippen LogP contribution in [0.2, 0.25) is 10.0 Å². The summed E-state index contributed by atoms with van der Waals surface area (Å²) in [4.78, 5) is 10.3. The topological polar surface area (TPSA) is 43.2 Å². The quantitative estimate of drug-likeness (QED) is 0.354. The lowest BCUT2D eigenvalue weighted by molar-refractivity contribution is 0.130. The number of aryl methyl sites for hydroxylation is 1. The van der Waals surface area contributed by atoms with Crippen molar-refractivity contribution < 1.29 is 14.1 Å². The van der Waals surface area contributed by atoms with Gasteiger partial charge in [-0.25, -0.2) is 4.39 Å². The van der Waals surface area contributed by atoms with Gasteiger partial charge in [0.1, 0.15) is 13.7 Å². The number of benzene rings is 2. The number of halogens is 3. The van der Waals surface area contributed by atoms with Crippen LogP contribution in [0.1, 0.15) is 36.1 Å². The van der Waals surface area contributed by atoms with Crippen molar-refractivity contribution >= 4 is 34.6 Å². The molecule has 0 amide bonds. The molecule has 0 heterocycles. The minimum absolute atomic E-state index is 0.0605. The van der Waals surface area contributed by atoms with E-state index in [0.717, 1.165) is 22.4 Å². The van der Waals surface area contributed by atoms with Crippen molar-refractivity contribution in [1.82, 2.24) is 0 Å². The molecule has 0 fully saturated rings. The summed E-state index contributed by atoms with van der Waals surface area (Å²) in [5, 5.41) is 8.24. The van der Waals surface area contributed by atoms with Crippen LogP contribution in [0.25, 0.3) is 0 Å². The van der Waals surface area contributed by atoms with Crippen molar-refractivity contribution in [2.24, 2.45) is 10.3 Å². The second-order valence-corrected chi connectivity index (χ2v) is 6.50. The number of rotatable bonds is 6. The van der Waals surface area contributed by atoms with Gasteiger partial charge in [0, 0.05) is 21.7 Å². The van der Waals surface area contributed by atoms with Gasteiger partial charge in [0.05, 0.1) is 16.4 Å². The molecule has 2 aromatic rings. The molecule has 138 valence electrons. The maximum Gasteiger partial charge on any atom is 0.151 e. The van der Waals surface area contributed by atoms with Crippen LogP contribution in [-0.4, -0.2) is 18.5 Å². The number of oxime groups is 2. The first-order valence-electron chi connectivity index (χ1n) is 7.83. The van der Waals surface area contributed by atoms with E-state index in [1.807, 2.05) is 32.0 Å². The summed E-state index contributed by atoms with van der Waals surface area (Å²) in [6, 6.07) is 8.62. The molecule has 0 bridgehead atoms. The Balaban J connectivity index is 2.25. The molecule has 0 radical (unpaired) electrons. The fourth-order valence-electron chi connectivity index (χ4n) is 2.48. The first-order valence-corrected chi connectivity index (χ1v) is 8.58. The first-order chi connectivity index (χ1) is 12.3. The van der Waals surface area contributed by atoms with Gasteiger partial charge in [0.15, 0.2) is 5.82 Å². The van der Waals surface area contributed by atoms with E-state index >= 15 is 0 Å². The first kappa shape index (κ1) is 20.2. The molecule has 2 aromatic carbocycles. The zero-order valence-corrected chi connectivity index (χ0v) is 16.5. The highest BCUT2D eigenvalue weighted by molar-refractivity contribution is 6.35. The Morgan fingerprint density at radius 1 is 1.08 bits per heavy atom. The van der Waals surface area contributed by atoms with Crippen LogP contribution < -0.4 is 0 Å². The summed E-state index contributed by atoms with van der Waals surface area (Å²) in [7, 11) is 1.49. The van der Waals surface area contributed by atoms with Crippen molar-refractivity contribution in [3.63, 3.8) is 0 Å². The van der Waals surface area contributed by atoms with Crippen molar-refractivity contribution in [3.8, 4) is 0 Å². The van der Waals surface area contributed by atoms with Crippen molar-refractivity contribution in [1.29, 1.82) is 0 Å². The monoisotopic (exact) mass is 396 g/mol. The number of hydrogen-bond donors (Lipinski definition) is 0. The molecule has 0 unspecified atom stereocenters. The Kier molecular flexibility index (Phi) is 7.00. The average Bonchev–Trinajstić information content (AvgIpc) is 2.59. The van der Waals surface area contributed by atoms with E-state index < -0.39 is 5.82 Å². The summed E-state index contributed by atoms with van der Waals surface area (Å²) in [5.41, 5.74) is 4.11. The van der Waals surface area contributed by atoms with Gasteiger partial charge < -0.3 is 9.68 Å². The van der Waals surface area contributed by atoms with Crippen LogP contribution in [0.15, 0.2) is 40.6 Å².